The number of hydrogen-bond acceptors (Lipinski definition) is 4. The summed E-state index contributed by atoms with van der Waals surface area (Å²) < 4.78 is 5.85. The van der Waals surface area contributed by atoms with Gasteiger partial charge in [0.15, 0.2) is 0 Å². The molecule has 0 aromatic carbocycles. The summed E-state index contributed by atoms with van der Waals surface area (Å²) in [7, 11) is 0. The largest absolute Gasteiger partial charge is 0.480 e. The van der Waals surface area contributed by atoms with E-state index < -0.39 is 12.0 Å². The van der Waals surface area contributed by atoms with Crippen LogP contribution in [0.4, 0.5) is 0 Å². The lowest BCUT2D eigenvalue weighted by Crippen LogP contribution is -2.42. The van der Waals surface area contributed by atoms with Crippen LogP contribution < -0.4 is 5.32 Å². The second-order valence-corrected chi connectivity index (χ2v) is 8.83. The molecular formula is C24H36N2O4. The van der Waals surface area contributed by atoms with E-state index >= 15 is 0 Å². The maximum atomic E-state index is 11.8. The van der Waals surface area contributed by atoms with Crippen molar-refractivity contribution < 1.29 is 19.4 Å². The number of unbranched alkanes of at least 4 members (excludes halogenated alkanes) is 1. The highest BCUT2D eigenvalue weighted by molar-refractivity contribution is 5.83. The highest BCUT2D eigenvalue weighted by Gasteiger charge is 2.30. The van der Waals surface area contributed by atoms with Gasteiger partial charge in [-0.2, -0.15) is 0 Å². The molecule has 30 heavy (non-hydrogen) atoms. The second-order valence-electron chi connectivity index (χ2n) is 8.83. The Bertz CT molecular complexity index is 715. The van der Waals surface area contributed by atoms with E-state index in [0.29, 0.717) is 25.4 Å². The quantitative estimate of drug-likeness (QED) is 0.540. The number of nitrogens with one attached hydrogen (secondary N) is 1. The Morgan fingerprint density at radius 1 is 1.27 bits per heavy atom. The van der Waals surface area contributed by atoms with Gasteiger partial charge in [0.2, 0.25) is 5.91 Å². The molecule has 1 atom stereocenters. The normalized spacial score (nSPS) is 21.4. The minimum Gasteiger partial charge on any atom is -0.480 e. The van der Waals surface area contributed by atoms with Gasteiger partial charge in [0.05, 0.1) is 6.10 Å². The number of aliphatic carboxylic acids is 1. The molecule has 1 aromatic rings. The van der Waals surface area contributed by atoms with E-state index in [2.05, 4.69) is 17.4 Å². The maximum absolute atomic E-state index is 11.8. The highest BCUT2D eigenvalue weighted by atomic mass is 16.5. The predicted molar refractivity (Wildman–Crippen MR) is 115 cm³/mol. The van der Waals surface area contributed by atoms with Crippen molar-refractivity contribution in [3.8, 4) is 0 Å². The molecular weight excluding hydrogens is 380 g/mol. The fourth-order valence-corrected chi connectivity index (χ4v) is 4.38. The molecule has 1 heterocycles. The Hall–Kier alpha value is -1.95. The van der Waals surface area contributed by atoms with Gasteiger partial charge in [-0.3, -0.25) is 9.78 Å². The number of carboxylic acids is 1. The molecule has 1 unspecified atom stereocenters. The van der Waals surface area contributed by atoms with Gasteiger partial charge < -0.3 is 15.2 Å². The van der Waals surface area contributed by atoms with Gasteiger partial charge in [-0.25, -0.2) is 4.79 Å². The third kappa shape index (κ3) is 6.79. The molecule has 1 fully saturated rings. The van der Waals surface area contributed by atoms with Crippen LogP contribution in [0.1, 0.15) is 81.7 Å². The van der Waals surface area contributed by atoms with Gasteiger partial charge in [-0.15, -0.1) is 0 Å². The predicted octanol–water partition coefficient (Wildman–Crippen LogP) is 3.84. The van der Waals surface area contributed by atoms with E-state index in [0.717, 1.165) is 44.9 Å². The summed E-state index contributed by atoms with van der Waals surface area (Å²) in [6.07, 6.45) is 11.7. The van der Waals surface area contributed by atoms with Gasteiger partial charge in [0.1, 0.15) is 6.04 Å². The van der Waals surface area contributed by atoms with Crippen LogP contribution in [0, 0.1) is 5.92 Å². The Kier molecular flexibility index (Phi) is 8.67. The fraction of sp³-hybridized carbons (Fsp3) is 0.708. The summed E-state index contributed by atoms with van der Waals surface area (Å²) in [6, 6.07) is 3.60. The second kappa shape index (κ2) is 11.4. The molecule has 6 nitrogen and oxygen atoms in total. The lowest BCUT2D eigenvalue weighted by atomic mass is 9.79. The Labute approximate surface area is 179 Å². The first-order chi connectivity index (χ1) is 14.5. The Balaban J connectivity index is 1.30. The van der Waals surface area contributed by atoms with Crippen molar-refractivity contribution in [2.24, 2.45) is 5.92 Å². The molecule has 0 spiro atoms. The Morgan fingerprint density at radius 2 is 2.07 bits per heavy atom. The first-order valence-electron chi connectivity index (χ1n) is 11.7. The van der Waals surface area contributed by atoms with Crippen LogP contribution in [-0.4, -0.2) is 40.7 Å². The van der Waals surface area contributed by atoms with Crippen LogP contribution in [0.25, 0.3) is 0 Å². The number of pyridine rings is 1. The van der Waals surface area contributed by atoms with Crippen LogP contribution in [0.5, 0.6) is 0 Å². The van der Waals surface area contributed by atoms with Gasteiger partial charge in [0, 0.05) is 30.8 Å². The first kappa shape index (κ1) is 22.7. The number of aromatic nitrogens is 1. The standard InChI is InChI=1S/C24H36N2O4/c1-2-3-8-23(27)26-22(24(28)29)13-14-30-20-15-17(16-20)9-11-19-12-10-18-6-4-5-7-21(18)25-19/h10,12,17,20,22H,2-9,11,13-16H2,1H3,(H,26,27)(H,28,29). The molecule has 1 saturated carbocycles. The Morgan fingerprint density at radius 3 is 2.83 bits per heavy atom. The van der Waals surface area contributed by atoms with Crippen molar-refractivity contribution in [3.05, 3.63) is 29.1 Å². The van der Waals surface area contributed by atoms with E-state index in [9.17, 15) is 14.7 Å². The van der Waals surface area contributed by atoms with Crippen molar-refractivity contribution in [2.75, 3.05) is 6.61 Å². The first-order valence-corrected chi connectivity index (χ1v) is 11.7. The molecule has 166 valence electrons. The number of fused-ring (bicyclic) bond motifs is 1. The zero-order chi connectivity index (χ0) is 21.3. The van der Waals surface area contributed by atoms with Crippen LogP contribution in [0.2, 0.25) is 0 Å². The van der Waals surface area contributed by atoms with Crippen molar-refractivity contribution in [1.82, 2.24) is 10.3 Å². The zero-order valence-electron chi connectivity index (χ0n) is 18.2. The summed E-state index contributed by atoms with van der Waals surface area (Å²) >= 11 is 0. The average molecular weight is 417 g/mol. The summed E-state index contributed by atoms with van der Waals surface area (Å²) in [5.41, 5.74) is 3.95. The molecule has 2 aliphatic carbocycles. The molecule has 0 radical (unpaired) electrons. The summed E-state index contributed by atoms with van der Waals surface area (Å²) in [6.45, 7) is 2.37. The number of hydrogen-bond donors (Lipinski definition) is 2. The minimum absolute atomic E-state index is 0.191. The molecule has 1 aromatic heterocycles. The van der Waals surface area contributed by atoms with Gasteiger partial charge in [-0.05, 0) is 75.3 Å². The third-order valence-corrected chi connectivity index (χ3v) is 6.39. The monoisotopic (exact) mass is 416 g/mol. The topological polar surface area (TPSA) is 88.5 Å². The SMILES string of the molecule is CCCCC(=O)NC(CCOC1CC(CCc2ccc3c(n2)CCCC3)C1)C(=O)O. The summed E-state index contributed by atoms with van der Waals surface area (Å²) in [5, 5.41) is 11.9. The summed E-state index contributed by atoms with van der Waals surface area (Å²) in [4.78, 5) is 28.0. The van der Waals surface area contributed by atoms with Crippen molar-refractivity contribution in [2.45, 2.75) is 96.1 Å². The molecule has 6 heteroatoms. The lowest BCUT2D eigenvalue weighted by Gasteiger charge is -2.35. The molecule has 1 amide bonds. The highest BCUT2D eigenvalue weighted by Crippen LogP contribution is 2.34. The van der Waals surface area contributed by atoms with Crippen molar-refractivity contribution in [3.63, 3.8) is 0 Å². The van der Waals surface area contributed by atoms with Crippen LogP contribution >= 0.6 is 0 Å². The van der Waals surface area contributed by atoms with E-state index in [1.807, 2.05) is 6.92 Å². The zero-order valence-corrected chi connectivity index (χ0v) is 18.2. The average Bonchev–Trinajstić information content (AvgIpc) is 2.72. The van der Waals surface area contributed by atoms with Gasteiger partial charge in [-0.1, -0.05) is 19.4 Å². The molecule has 2 N–H and O–H groups in total. The molecule has 0 aliphatic heterocycles. The number of amides is 1. The molecule has 0 saturated heterocycles. The van der Waals surface area contributed by atoms with E-state index in [-0.39, 0.29) is 12.0 Å². The molecule has 0 bridgehead atoms. The summed E-state index contributed by atoms with van der Waals surface area (Å²) in [5.74, 6) is -0.520. The smallest absolute Gasteiger partial charge is 0.326 e. The van der Waals surface area contributed by atoms with E-state index in [4.69, 9.17) is 9.72 Å². The maximum Gasteiger partial charge on any atom is 0.326 e. The number of nitrogens with zero attached hydrogens (tertiary/aromatic N) is 1. The number of aryl methyl sites for hydroxylation is 3. The number of carbonyl (C=O) groups excluding carboxylic acids is 1. The molecule has 3 rings (SSSR count). The van der Waals surface area contributed by atoms with Crippen molar-refractivity contribution in [1.29, 1.82) is 0 Å². The third-order valence-electron chi connectivity index (χ3n) is 6.39. The van der Waals surface area contributed by atoms with Gasteiger partial charge in [0.25, 0.3) is 0 Å². The number of carboxylic acid groups (broad SMARTS) is 1. The van der Waals surface area contributed by atoms with Gasteiger partial charge >= 0.3 is 5.97 Å². The van der Waals surface area contributed by atoms with E-state index in [1.54, 1.807) is 0 Å². The van der Waals surface area contributed by atoms with Crippen molar-refractivity contribution >= 4 is 11.9 Å². The van der Waals surface area contributed by atoms with Crippen LogP contribution in [-0.2, 0) is 33.6 Å². The van der Waals surface area contributed by atoms with Crippen LogP contribution in [0.15, 0.2) is 12.1 Å². The minimum atomic E-state index is -0.993. The lowest BCUT2D eigenvalue weighted by molar-refractivity contribution is -0.142. The van der Waals surface area contributed by atoms with Crippen LogP contribution in [0.3, 0.4) is 0 Å². The molecule has 2 aliphatic rings. The number of carbonyl (C=O) groups is 2. The van der Waals surface area contributed by atoms with E-state index in [1.165, 1.54) is 36.2 Å². The number of rotatable bonds is 12. The fourth-order valence-electron chi connectivity index (χ4n) is 4.38. The number of ether oxygens (including phenoxy) is 1.